The highest BCUT2D eigenvalue weighted by atomic mass is 79.9. The number of alkyl halides is 3. The standard InChI is InChI=1S/C18H14BrClF3NO4/c19-13-6-5-12(20)7-10(13)8-14(17(27)28)24-16(26)15(25)9-1-3-11(4-2-9)18(21,22)23/h1-7,14-15,25H,8H2,(H,24,26)(H,27,28)/t14-,15+/m1/s1. The molecule has 2 rings (SSSR count). The van der Waals surface area contributed by atoms with E-state index in [0.29, 0.717) is 15.1 Å². The number of aliphatic hydroxyl groups is 1. The molecule has 0 heterocycles. The van der Waals surface area contributed by atoms with E-state index in [1.54, 1.807) is 12.1 Å². The lowest BCUT2D eigenvalue weighted by Gasteiger charge is -2.18. The van der Waals surface area contributed by atoms with Crippen LogP contribution < -0.4 is 5.32 Å². The molecule has 0 saturated carbocycles. The minimum Gasteiger partial charge on any atom is -0.480 e. The molecular formula is C18H14BrClF3NO4. The van der Waals surface area contributed by atoms with Crippen LogP contribution in [0.1, 0.15) is 22.8 Å². The van der Waals surface area contributed by atoms with Crippen LogP contribution in [0.25, 0.3) is 0 Å². The summed E-state index contributed by atoms with van der Waals surface area (Å²) in [5.41, 5.74) is -0.513. The van der Waals surface area contributed by atoms with Gasteiger partial charge in [-0.05, 0) is 41.5 Å². The van der Waals surface area contributed by atoms with Crippen LogP contribution in [0.15, 0.2) is 46.9 Å². The number of carboxylic acids is 1. The Labute approximate surface area is 171 Å². The molecule has 28 heavy (non-hydrogen) atoms. The number of aliphatic carboxylic acids is 1. The molecule has 10 heteroatoms. The van der Waals surface area contributed by atoms with Crippen molar-refractivity contribution in [2.45, 2.75) is 24.7 Å². The van der Waals surface area contributed by atoms with E-state index in [4.69, 9.17) is 11.6 Å². The molecule has 0 aromatic heterocycles. The van der Waals surface area contributed by atoms with E-state index in [0.717, 1.165) is 24.3 Å². The van der Waals surface area contributed by atoms with Crippen LogP contribution in [0.2, 0.25) is 5.02 Å². The normalized spacial score (nSPS) is 13.6. The predicted octanol–water partition coefficient (Wildman–Crippen LogP) is 3.97. The van der Waals surface area contributed by atoms with Gasteiger partial charge in [-0.15, -0.1) is 0 Å². The fourth-order valence-corrected chi connectivity index (χ4v) is 2.98. The number of carbonyl (C=O) groups is 2. The van der Waals surface area contributed by atoms with E-state index in [1.807, 2.05) is 0 Å². The van der Waals surface area contributed by atoms with Gasteiger partial charge in [-0.2, -0.15) is 13.2 Å². The van der Waals surface area contributed by atoms with Crippen molar-refractivity contribution in [2.24, 2.45) is 0 Å². The topological polar surface area (TPSA) is 86.6 Å². The zero-order chi connectivity index (χ0) is 21.1. The summed E-state index contributed by atoms with van der Waals surface area (Å²) in [6.45, 7) is 0. The van der Waals surface area contributed by atoms with E-state index in [1.165, 1.54) is 6.07 Å². The summed E-state index contributed by atoms with van der Waals surface area (Å²) in [5.74, 6) is -2.40. The van der Waals surface area contributed by atoms with E-state index in [-0.39, 0.29) is 12.0 Å². The molecule has 0 aliphatic heterocycles. The molecule has 5 nitrogen and oxygen atoms in total. The Bertz CT molecular complexity index is 874. The summed E-state index contributed by atoms with van der Waals surface area (Å²) in [5, 5.41) is 22.0. The number of amides is 1. The number of hydrogen-bond donors (Lipinski definition) is 3. The Morgan fingerprint density at radius 1 is 1.14 bits per heavy atom. The first-order chi connectivity index (χ1) is 13.0. The number of halogens is 5. The van der Waals surface area contributed by atoms with Crippen molar-refractivity contribution in [3.05, 3.63) is 68.7 Å². The van der Waals surface area contributed by atoms with Gasteiger partial charge in [-0.3, -0.25) is 4.79 Å². The second-order valence-electron chi connectivity index (χ2n) is 5.86. The van der Waals surface area contributed by atoms with E-state index in [9.17, 15) is 33.0 Å². The Morgan fingerprint density at radius 3 is 2.29 bits per heavy atom. The van der Waals surface area contributed by atoms with Gasteiger partial charge in [0.25, 0.3) is 5.91 Å². The van der Waals surface area contributed by atoms with Gasteiger partial charge < -0.3 is 15.5 Å². The van der Waals surface area contributed by atoms with Gasteiger partial charge in [0.15, 0.2) is 6.10 Å². The van der Waals surface area contributed by atoms with Crippen molar-refractivity contribution in [1.82, 2.24) is 5.32 Å². The van der Waals surface area contributed by atoms with Crippen LogP contribution in [0.5, 0.6) is 0 Å². The van der Waals surface area contributed by atoms with Gasteiger partial charge in [-0.25, -0.2) is 4.79 Å². The molecule has 0 unspecified atom stereocenters. The lowest BCUT2D eigenvalue weighted by Crippen LogP contribution is -2.44. The Hall–Kier alpha value is -2.10. The number of hydrogen-bond acceptors (Lipinski definition) is 3. The first-order valence-corrected chi connectivity index (χ1v) is 8.98. The monoisotopic (exact) mass is 479 g/mol. The third kappa shape index (κ3) is 5.70. The molecule has 0 aliphatic rings. The molecule has 0 aliphatic carbocycles. The van der Waals surface area contributed by atoms with Crippen molar-refractivity contribution in [1.29, 1.82) is 0 Å². The minimum atomic E-state index is -4.55. The zero-order valence-electron chi connectivity index (χ0n) is 14.0. The summed E-state index contributed by atoms with van der Waals surface area (Å²) in [7, 11) is 0. The predicted molar refractivity (Wildman–Crippen MR) is 98.8 cm³/mol. The number of carbonyl (C=O) groups excluding carboxylic acids is 1. The summed E-state index contributed by atoms with van der Waals surface area (Å²) in [6, 6.07) is 6.72. The van der Waals surface area contributed by atoms with E-state index in [2.05, 4.69) is 21.2 Å². The molecule has 2 aromatic rings. The first kappa shape index (κ1) is 22.2. The van der Waals surface area contributed by atoms with Crippen LogP contribution in [0, 0.1) is 0 Å². The highest BCUT2D eigenvalue weighted by molar-refractivity contribution is 9.10. The summed E-state index contributed by atoms with van der Waals surface area (Å²) in [4.78, 5) is 23.7. The van der Waals surface area contributed by atoms with Crippen LogP contribution in [-0.2, 0) is 22.2 Å². The molecule has 2 atom stereocenters. The van der Waals surface area contributed by atoms with Crippen molar-refractivity contribution in [3.8, 4) is 0 Å². The van der Waals surface area contributed by atoms with Gasteiger partial charge >= 0.3 is 12.1 Å². The summed E-state index contributed by atoms with van der Waals surface area (Å²) < 4.78 is 38.3. The minimum absolute atomic E-state index is 0.0985. The molecule has 150 valence electrons. The number of nitrogens with one attached hydrogen (secondary N) is 1. The van der Waals surface area contributed by atoms with E-state index >= 15 is 0 Å². The second-order valence-corrected chi connectivity index (χ2v) is 7.15. The lowest BCUT2D eigenvalue weighted by atomic mass is 10.0. The number of rotatable bonds is 6. The molecule has 0 bridgehead atoms. The maximum Gasteiger partial charge on any atom is 0.416 e. The molecule has 1 amide bonds. The summed E-state index contributed by atoms with van der Waals surface area (Å²) >= 11 is 9.14. The van der Waals surface area contributed by atoms with Gasteiger partial charge in [0.05, 0.1) is 5.56 Å². The van der Waals surface area contributed by atoms with Crippen molar-refractivity contribution in [2.75, 3.05) is 0 Å². The number of aliphatic hydroxyl groups excluding tert-OH is 1. The van der Waals surface area contributed by atoms with Crippen molar-refractivity contribution >= 4 is 39.4 Å². The fraction of sp³-hybridized carbons (Fsp3) is 0.222. The molecule has 0 saturated heterocycles. The van der Waals surface area contributed by atoms with Crippen LogP contribution >= 0.6 is 27.5 Å². The SMILES string of the molecule is O=C(N[C@H](Cc1cc(Cl)ccc1Br)C(=O)O)[C@@H](O)c1ccc(C(F)(F)F)cc1. The van der Waals surface area contributed by atoms with Crippen LogP contribution in [0.3, 0.4) is 0 Å². The summed E-state index contributed by atoms with van der Waals surface area (Å²) in [6.07, 6.45) is -6.50. The lowest BCUT2D eigenvalue weighted by molar-refractivity contribution is -0.143. The highest BCUT2D eigenvalue weighted by Gasteiger charge is 2.31. The maximum absolute atomic E-state index is 12.6. The molecule has 0 radical (unpaired) electrons. The zero-order valence-corrected chi connectivity index (χ0v) is 16.3. The average molecular weight is 481 g/mol. The highest BCUT2D eigenvalue weighted by Crippen LogP contribution is 2.30. The Balaban J connectivity index is 2.13. The quantitative estimate of drug-likeness (QED) is 0.584. The maximum atomic E-state index is 12.6. The fourth-order valence-electron chi connectivity index (χ4n) is 2.38. The number of carboxylic acid groups (broad SMARTS) is 1. The van der Waals surface area contributed by atoms with E-state index < -0.39 is 35.8 Å². The Morgan fingerprint density at radius 2 is 1.75 bits per heavy atom. The Kier molecular flexibility index (Phi) is 7.08. The molecule has 2 aromatic carbocycles. The van der Waals surface area contributed by atoms with Gasteiger partial charge in [-0.1, -0.05) is 39.7 Å². The number of benzene rings is 2. The second kappa shape index (κ2) is 8.93. The molecule has 3 N–H and O–H groups in total. The van der Waals surface area contributed by atoms with Gasteiger partial charge in [0.1, 0.15) is 6.04 Å². The van der Waals surface area contributed by atoms with Crippen LogP contribution in [-0.4, -0.2) is 28.1 Å². The van der Waals surface area contributed by atoms with Crippen molar-refractivity contribution < 1.29 is 33.0 Å². The first-order valence-electron chi connectivity index (χ1n) is 7.81. The molecular weight excluding hydrogens is 467 g/mol. The average Bonchev–Trinajstić information content (AvgIpc) is 2.62. The van der Waals surface area contributed by atoms with Crippen LogP contribution in [0.4, 0.5) is 13.2 Å². The third-order valence-electron chi connectivity index (χ3n) is 3.85. The largest absolute Gasteiger partial charge is 0.480 e. The van der Waals surface area contributed by atoms with Gasteiger partial charge in [0.2, 0.25) is 0 Å². The van der Waals surface area contributed by atoms with Gasteiger partial charge in [0, 0.05) is 15.9 Å². The molecule has 0 fully saturated rings. The molecule has 0 spiro atoms. The smallest absolute Gasteiger partial charge is 0.416 e. The third-order valence-corrected chi connectivity index (χ3v) is 4.86. The van der Waals surface area contributed by atoms with Crippen molar-refractivity contribution in [3.63, 3.8) is 0 Å².